The van der Waals surface area contributed by atoms with Crippen molar-refractivity contribution in [2.45, 2.75) is 45.3 Å². The standard InChI is InChI=1S/C14H21NO5/c1-14(2,3)19-13(16)12(15-17)9-6-10-4-7-11(20-18)8-5-10/h4-5,7-8,12,15,17-18H,6,9H2,1-3H3/t12-/m0/s1. The molecule has 0 saturated carbocycles. The van der Waals surface area contributed by atoms with E-state index in [1.807, 2.05) is 5.48 Å². The van der Waals surface area contributed by atoms with Crippen LogP contribution >= 0.6 is 0 Å². The first-order valence-corrected chi connectivity index (χ1v) is 6.38. The van der Waals surface area contributed by atoms with Gasteiger partial charge in [-0.1, -0.05) is 12.1 Å². The van der Waals surface area contributed by atoms with Crippen molar-refractivity contribution in [1.82, 2.24) is 5.48 Å². The summed E-state index contributed by atoms with van der Waals surface area (Å²) in [6.45, 7) is 5.31. The van der Waals surface area contributed by atoms with Crippen LogP contribution in [0.25, 0.3) is 0 Å². The topological polar surface area (TPSA) is 88.0 Å². The van der Waals surface area contributed by atoms with E-state index in [0.717, 1.165) is 5.56 Å². The Morgan fingerprint density at radius 2 is 1.90 bits per heavy atom. The van der Waals surface area contributed by atoms with Crippen LogP contribution in [0.3, 0.4) is 0 Å². The Hall–Kier alpha value is -1.63. The summed E-state index contributed by atoms with van der Waals surface area (Å²) in [4.78, 5) is 15.9. The van der Waals surface area contributed by atoms with E-state index in [0.29, 0.717) is 18.6 Å². The highest BCUT2D eigenvalue weighted by molar-refractivity contribution is 5.76. The minimum absolute atomic E-state index is 0.345. The number of carbonyl (C=O) groups is 1. The first kappa shape index (κ1) is 16.4. The van der Waals surface area contributed by atoms with E-state index in [2.05, 4.69) is 4.89 Å². The van der Waals surface area contributed by atoms with Gasteiger partial charge in [-0.3, -0.25) is 4.79 Å². The van der Waals surface area contributed by atoms with E-state index in [9.17, 15) is 4.79 Å². The molecule has 0 saturated heterocycles. The molecule has 6 nitrogen and oxygen atoms in total. The Kier molecular flexibility index (Phi) is 5.94. The van der Waals surface area contributed by atoms with E-state index in [-0.39, 0.29) is 0 Å². The molecule has 1 aromatic rings. The molecule has 6 heteroatoms. The number of aryl methyl sites for hydroxylation is 1. The summed E-state index contributed by atoms with van der Waals surface area (Å²) in [7, 11) is 0. The van der Waals surface area contributed by atoms with E-state index in [4.69, 9.17) is 15.2 Å². The van der Waals surface area contributed by atoms with Crippen LogP contribution in [-0.4, -0.2) is 28.1 Å². The molecular formula is C14H21NO5. The van der Waals surface area contributed by atoms with Gasteiger partial charge in [0.1, 0.15) is 11.6 Å². The number of hydrogen-bond acceptors (Lipinski definition) is 6. The van der Waals surface area contributed by atoms with Gasteiger partial charge in [0, 0.05) is 0 Å². The van der Waals surface area contributed by atoms with Gasteiger partial charge in [0.15, 0.2) is 5.75 Å². The average Bonchev–Trinajstić information content (AvgIpc) is 2.38. The molecule has 0 aromatic heterocycles. The minimum Gasteiger partial charge on any atom is -0.459 e. The first-order chi connectivity index (χ1) is 9.35. The van der Waals surface area contributed by atoms with Crippen molar-refractivity contribution in [2.24, 2.45) is 0 Å². The molecule has 3 N–H and O–H groups in total. The van der Waals surface area contributed by atoms with Gasteiger partial charge in [-0.15, -0.1) is 0 Å². The van der Waals surface area contributed by atoms with Gasteiger partial charge >= 0.3 is 5.97 Å². The Morgan fingerprint density at radius 1 is 1.30 bits per heavy atom. The number of hydroxylamine groups is 1. The van der Waals surface area contributed by atoms with Gasteiger partial charge < -0.3 is 14.8 Å². The number of ether oxygens (including phenoxy) is 1. The number of benzene rings is 1. The van der Waals surface area contributed by atoms with Crippen molar-refractivity contribution in [3.05, 3.63) is 29.8 Å². The van der Waals surface area contributed by atoms with Crippen LogP contribution in [0.1, 0.15) is 32.8 Å². The molecular weight excluding hydrogens is 262 g/mol. The smallest absolute Gasteiger partial charge is 0.326 e. The van der Waals surface area contributed by atoms with Gasteiger partial charge in [0.25, 0.3) is 0 Å². The fraction of sp³-hybridized carbons (Fsp3) is 0.500. The summed E-state index contributed by atoms with van der Waals surface area (Å²) in [5.41, 5.74) is 2.34. The molecule has 0 unspecified atom stereocenters. The van der Waals surface area contributed by atoms with E-state index >= 15 is 0 Å². The van der Waals surface area contributed by atoms with E-state index in [1.54, 1.807) is 45.0 Å². The fourth-order valence-corrected chi connectivity index (χ4v) is 1.64. The lowest BCUT2D eigenvalue weighted by Crippen LogP contribution is -2.40. The Labute approximate surface area is 118 Å². The maximum Gasteiger partial charge on any atom is 0.326 e. The number of nitrogens with one attached hydrogen (secondary N) is 1. The molecule has 0 heterocycles. The maximum absolute atomic E-state index is 11.8. The first-order valence-electron chi connectivity index (χ1n) is 6.38. The number of hydrogen-bond donors (Lipinski definition) is 3. The van der Waals surface area contributed by atoms with Crippen molar-refractivity contribution in [3.63, 3.8) is 0 Å². The molecule has 0 aliphatic rings. The van der Waals surface area contributed by atoms with E-state index in [1.165, 1.54) is 0 Å². The third-order valence-electron chi connectivity index (χ3n) is 2.60. The monoisotopic (exact) mass is 283 g/mol. The third kappa shape index (κ3) is 5.56. The largest absolute Gasteiger partial charge is 0.459 e. The van der Waals surface area contributed by atoms with Gasteiger partial charge in [-0.25, -0.2) is 5.26 Å². The zero-order valence-corrected chi connectivity index (χ0v) is 11.9. The molecule has 1 rings (SSSR count). The summed E-state index contributed by atoms with van der Waals surface area (Å²) in [6, 6.07) is 6.00. The highest BCUT2D eigenvalue weighted by Crippen LogP contribution is 2.14. The molecule has 0 radical (unpaired) electrons. The summed E-state index contributed by atoms with van der Waals surface area (Å²) < 4.78 is 5.20. The number of esters is 1. The van der Waals surface area contributed by atoms with Crippen molar-refractivity contribution < 1.29 is 24.9 Å². The van der Waals surface area contributed by atoms with Crippen LogP contribution in [0.5, 0.6) is 5.75 Å². The molecule has 0 aliphatic carbocycles. The van der Waals surface area contributed by atoms with Gasteiger partial charge in [-0.2, -0.15) is 5.48 Å². The van der Waals surface area contributed by atoms with Gasteiger partial charge in [0.2, 0.25) is 0 Å². The van der Waals surface area contributed by atoms with Crippen molar-refractivity contribution in [3.8, 4) is 5.75 Å². The summed E-state index contributed by atoms with van der Waals surface area (Å²) in [6.07, 6.45) is 0.966. The molecule has 0 amide bonds. The van der Waals surface area contributed by atoms with Crippen molar-refractivity contribution in [1.29, 1.82) is 0 Å². The number of rotatable bonds is 6. The Morgan fingerprint density at radius 3 is 2.35 bits per heavy atom. The molecule has 0 bridgehead atoms. The quantitative estimate of drug-likeness (QED) is 0.421. The lowest BCUT2D eigenvalue weighted by molar-refractivity contribution is -0.160. The van der Waals surface area contributed by atoms with Gasteiger partial charge in [-0.05, 0) is 51.3 Å². The van der Waals surface area contributed by atoms with Crippen LogP contribution in [0, 0.1) is 0 Å². The summed E-state index contributed by atoms with van der Waals surface area (Å²) in [5, 5.41) is 17.5. The lowest BCUT2D eigenvalue weighted by atomic mass is 10.1. The van der Waals surface area contributed by atoms with Crippen molar-refractivity contribution in [2.75, 3.05) is 0 Å². The Bertz CT molecular complexity index is 424. The van der Waals surface area contributed by atoms with Crippen LogP contribution in [0.15, 0.2) is 24.3 Å². The summed E-state index contributed by atoms with van der Waals surface area (Å²) in [5.74, 6) is -0.145. The lowest BCUT2D eigenvalue weighted by Gasteiger charge is -2.23. The van der Waals surface area contributed by atoms with Crippen LogP contribution in [0.2, 0.25) is 0 Å². The SMILES string of the molecule is CC(C)(C)OC(=O)[C@H](CCc1ccc(OO)cc1)NO. The normalized spacial score (nSPS) is 12.8. The molecule has 112 valence electrons. The van der Waals surface area contributed by atoms with Crippen molar-refractivity contribution >= 4 is 5.97 Å². The molecule has 0 aliphatic heterocycles. The predicted molar refractivity (Wildman–Crippen MR) is 72.6 cm³/mol. The maximum atomic E-state index is 11.8. The highest BCUT2D eigenvalue weighted by Gasteiger charge is 2.24. The van der Waals surface area contributed by atoms with Crippen LogP contribution in [-0.2, 0) is 16.0 Å². The second kappa shape index (κ2) is 7.23. The molecule has 0 spiro atoms. The zero-order chi connectivity index (χ0) is 15.2. The van der Waals surface area contributed by atoms with Crippen LogP contribution < -0.4 is 10.4 Å². The minimum atomic E-state index is -0.775. The molecule has 0 fully saturated rings. The summed E-state index contributed by atoms with van der Waals surface area (Å²) >= 11 is 0. The highest BCUT2D eigenvalue weighted by atomic mass is 17.1. The van der Waals surface area contributed by atoms with Crippen LogP contribution in [0.4, 0.5) is 0 Å². The fourth-order valence-electron chi connectivity index (χ4n) is 1.64. The molecule has 1 aromatic carbocycles. The average molecular weight is 283 g/mol. The second-order valence-corrected chi connectivity index (χ2v) is 5.49. The third-order valence-corrected chi connectivity index (χ3v) is 2.60. The number of carbonyl (C=O) groups excluding carboxylic acids is 1. The predicted octanol–water partition coefficient (Wildman–Crippen LogP) is 2.16. The van der Waals surface area contributed by atoms with E-state index < -0.39 is 17.6 Å². The second-order valence-electron chi connectivity index (χ2n) is 5.49. The zero-order valence-electron chi connectivity index (χ0n) is 11.9. The Balaban J connectivity index is 2.53. The molecule has 20 heavy (non-hydrogen) atoms. The molecule has 1 atom stereocenters. The van der Waals surface area contributed by atoms with Gasteiger partial charge in [0.05, 0.1) is 0 Å².